The molecule has 0 amide bonds. The van der Waals surface area contributed by atoms with Crippen LogP contribution in [0.5, 0.6) is 0 Å². The zero-order valence-electron chi connectivity index (χ0n) is 17.5. The summed E-state index contributed by atoms with van der Waals surface area (Å²) in [5.74, 6) is -0.267. The van der Waals surface area contributed by atoms with Crippen LogP contribution < -0.4 is 0 Å². The van der Waals surface area contributed by atoms with Gasteiger partial charge >= 0.3 is 5.97 Å². The number of esters is 1. The van der Waals surface area contributed by atoms with Gasteiger partial charge in [-0.2, -0.15) is 0 Å². The summed E-state index contributed by atoms with van der Waals surface area (Å²) in [4.78, 5) is 11.4. The van der Waals surface area contributed by atoms with Gasteiger partial charge in [0, 0.05) is 5.57 Å². The second-order valence-electron chi connectivity index (χ2n) is 6.45. The number of unbranched alkanes of at least 4 members (excludes halogenated alkanes) is 7. The second kappa shape index (κ2) is 20.2. The van der Waals surface area contributed by atoms with E-state index in [1.165, 1.54) is 51.4 Å². The fourth-order valence-corrected chi connectivity index (χ4v) is 2.36. The van der Waals surface area contributed by atoms with E-state index in [4.69, 9.17) is 4.74 Å². The number of hydrogen-bond acceptors (Lipinski definition) is 2. The van der Waals surface area contributed by atoms with Crippen molar-refractivity contribution in [3.05, 3.63) is 72.4 Å². The van der Waals surface area contributed by atoms with Crippen molar-refractivity contribution in [1.29, 1.82) is 0 Å². The predicted octanol–water partition coefficient (Wildman–Crippen LogP) is 7.42. The van der Waals surface area contributed by atoms with Gasteiger partial charge in [-0.3, -0.25) is 0 Å². The maximum Gasteiger partial charge on any atom is 0.333 e. The van der Waals surface area contributed by atoms with E-state index in [0.717, 1.165) is 0 Å². The van der Waals surface area contributed by atoms with Crippen LogP contribution in [-0.4, -0.2) is 12.6 Å². The van der Waals surface area contributed by atoms with Crippen molar-refractivity contribution in [2.75, 3.05) is 6.61 Å². The fourth-order valence-electron chi connectivity index (χ4n) is 2.36. The van der Waals surface area contributed by atoms with Crippen LogP contribution in [-0.2, 0) is 9.53 Å². The minimum atomic E-state index is -0.267. The Morgan fingerprint density at radius 1 is 0.704 bits per heavy atom. The van der Waals surface area contributed by atoms with Gasteiger partial charge in [-0.25, -0.2) is 4.79 Å². The Kier molecular flexibility index (Phi) is 18.7. The third-order valence-corrected chi connectivity index (χ3v) is 3.94. The molecule has 2 heteroatoms. The summed E-state index contributed by atoms with van der Waals surface area (Å²) >= 11 is 0. The van der Waals surface area contributed by atoms with Crippen LogP contribution in [0.1, 0.15) is 72.1 Å². The van der Waals surface area contributed by atoms with Gasteiger partial charge in [0.05, 0.1) is 6.61 Å². The highest BCUT2D eigenvalue weighted by molar-refractivity contribution is 5.88. The first kappa shape index (κ1) is 24.9. The molecule has 0 aromatic rings. The first-order valence-electron chi connectivity index (χ1n) is 10.4. The summed E-state index contributed by atoms with van der Waals surface area (Å²) in [7, 11) is 0. The topological polar surface area (TPSA) is 26.3 Å². The third-order valence-electron chi connectivity index (χ3n) is 3.94. The summed E-state index contributed by atoms with van der Waals surface area (Å²) < 4.78 is 4.91. The van der Waals surface area contributed by atoms with Gasteiger partial charge in [0.2, 0.25) is 0 Å². The molecule has 0 saturated heterocycles. The van der Waals surface area contributed by atoms with E-state index in [1.54, 1.807) is 19.9 Å². The lowest BCUT2D eigenvalue weighted by Crippen LogP contribution is -2.04. The number of rotatable bonds is 15. The van der Waals surface area contributed by atoms with Crippen LogP contribution in [0.4, 0.5) is 0 Å². The Morgan fingerprint density at radius 3 is 1.81 bits per heavy atom. The number of hydrogen-bond donors (Lipinski definition) is 0. The quantitative estimate of drug-likeness (QED) is 0.130. The number of ether oxygens (including phenoxy) is 1. The van der Waals surface area contributed by atoms with E-state index in [-0.39, 0.29) is 5.97 Å². The number of allylic oxidation sites excluding steroid dienone is 11. The van der Waals surface area contributed by atoms with Crippen molar-refractivity contribution in [2.24, 2.45) is 0 Å². The molecule has 0 heterocycles. The molecule has 0 spiro atoms. The van der Waals surface area contributed by atoms with Gasteiger partial charge in [0.1, 0.15) is 0 Å². The molecule has 0 rings (SSSR count). The van der Waals surface area contributed by atoms with Gasteiger partial charge in [-0.15, -0.1) is 0 Å². The van der Waals surface area contributed by atoms with E-state index in [9.17, 15) is 4.79 Å². The molecule has 2 nitrogen and oxygen atoms in total. The van der Waals surface area contributed by atoms with Gasteiger partial charge < -0.3 is 4.74 Å². The highest BCUT2D eigenvalue weighted by atomic mass is 16.5. The molecule has 0 aliphatic heterocycles. The van der Waals surface area contributed by atoms with E-state index >= 15 is 0 Å². The van der Waals surface area contributed by atoms with Crippen LogP contribution in [0.2, 0.25) is 0 Å². The van der Waals surface area contributed by atoms with Crippen molar-refractivity contribution in [2.45, 2.75) is 72.1 Å². The molecule has 27 heavy (non-hydrogen) atoms. The molecule has 0 aromatic carbocycles. The predicted molar refractivity (Wildman–Crippen MR) is 119 cm³/mol. The van der Waals surface area contributed by atoms with Crippen molar-refractivity contribution in [1.82, 2.24) is 0 Å². The van der Waals surface area contributed by atoms with Crippen molar-refractivity contribution < 1.29 is 9.53 Å². The smallest absolute Gasteiger partial charge is 0.333 e. The monoisotopic (exact) mass is 370 g/mol. The maximum atomic E-state index is 11.4. The van der Waals surface area contributed by atoms with Crippen molar-refractivity contribution in [3.8, 4) is 0 Å². The molecule has 0 aliphatic rings. The first-order chi connectivity index (χ1) is 13.2. The zero-order chi connectivity index (χ0) is 20.0. The summed E-state index contributed by atoms with van der Waals surface area (Å²) in [5, 5.41) is 0. The maximum absolute atomic E-state index is 11.4. The largest absolute Gasteiger partial charge is 0.463 e. The Labute approximate surface area is 167 Å². The van der Waals surface area contributed by atoms with E-state index in [0.29, 0.717) is 12.2 Å². The summed E-state index contributed by atoms with van der Waals surface area (Å²) in [6, 6.07) is 0. The molecule has 0 unspecified atom stereocenters. The Hall–Kier alpha value is -2.09. The van der Waals surface area contributed by atoms with Crippen molar-refractivity contribution >= 4 is 5.97 Å². The summed E-state index contributed by atoms with van der Waals surface area (Å²) in [6.07, 6.45) is 32.5. The minimum Gasteiger partial charge on any atom is -0.463 e. The molecule has 0 saturated carbocycles. The lowest BCUT2D eigenvalue weighted by molar-refractivity contribution is -0.138. The van der Waals surface area contributed by atoms with Crippen LogP contribution in [0, 0.1) is 0 Å². The standard InChI is InChI=1S/C25H38O2/c1-4-6-7-8-9-10-11-12-13-14-15-16-17-18-19-20-21-22-23-24(3)25(26)27-5-2/h13-23H,4-12H2,1-3H3. The first-order valence-corrected chi connectivity index (χ1v) is 10.4. The number of carbonyl (C=O) groups excluding carboxylic acids is 1. The van der Waals surface area contributed by atoms with E-state index in [2.05, 4.69) is 25.2 Å². The van der Waals surface area contributed by atoms with Crippen LogP contribution >= 0.6 is 0 Å². The van der Waals surface area contributed by atoms with E-state index in [1.807, 2.05) is 42.5 Å². The third kappa shape index (κ3) is 18.5. The van der Waals surface area contributed by atoms with Crippen LogP contribution in [0.25, 0.3) is 0 Å². The fraction of sp³-hybridized carbons (Fsp3) is 0.480. The molecule has 0 N–H and O–H groups in total. The van der Waals surface area contributed by atoms with Gasteiger partial charge in [-0.1, -0.05) is 112 Å². The average molecular weight is 371 g/mol. The van der Waals surface area contributed by atoms with Crippen LogP contribution in [0.15, 0.2) is 72.4 Å². The zero-order valence-corrected chi connectivity index (χ0v) is 17.5. The lowest BCUT2D eigenvalue weighted by atomic mass is 10.1. The molecular formula is C25H38O2. The van der Waals surface area contributed by atoms with Gasteiger partial charge in [0.25, 0.3) is 0 Å². The second-order valence-corrected chi connectivity index (χ2v) is 6.45. The molecule has 0 bridgehead atoms. The summed E-state index contributed by atoms with van der Waals surface area (Å²) in [5.41, 5.74) is 0.600. The van der Waals surface area contributed by atoms with E-state index < -0.39 is 0 Å². The summed E-state index contributed by atoms with van der Waals surface area (Å²) in [6.45, 7) is 6.21. The highest BCUT2D eigenvalue weighted by Gasteiger charge is 2.01. The lowest BCUT2D eigenvalue weighted by Gasteiger charge is -1.98. The van der Waals surface area contributed by atoms with Crippen molar-refractivity contribution in [3.63, 3.8) is 0 Å². The highest BCUT2D eigenvalue weighted by Crippen LogP contribution is 2.08. The Morgan fingerprint density at radius 2 is 1.22 bits per heavy atom. The minimum absolute atomic E-state index is 0.267. The normalized spacial score (nSPS) is 13.2. The van der Waals surface area contributed by atoms with Crippen LogP contribution in [0.3, 0.4) is 0 Å². The molecule has 0 radical (unpaired) electrons. The Balaban J connectivity index is 3.77. The van der Waals surface area contributed by atoms with Gasteiger partial charge in [0.15, 0.2) is 0 Å². The molecule has 150 valence electrons. The molecule has 0 atom stereocenters. The molecule has 0 fully saturated rings. The average Bonchev–Trinajstić information content (AvgIpc) is 2.67. The van der Waals surface area contributed by atoms with Gasteiger partial charge in [-0.05, 0) is 26.7 Å². The SMILES string of the molecule is CCCCCCCCCC=CC=CC=CC=CC=CC=C(C)C(=O)OCC. The molecular weight excluding hydrogens is 332 g/mol. The number of carbonyl (C=O) groups is 1. The molecule has 0 aliphatic carbocycles. The Bertz CT molecular complexity index is 531. The molecule has 0 aromatic heterocycles.